The molecule has 1 aromatic carbocycles. The number of benzene rings is 1. The van der Waals surface area contributed by atoms with E-state index in [0.29, 0.717) is 6.42 Å². The lowest BCUT2D eigenvalue weighted by molar-refractivity contribution is -0.144. The lowest BCUT2D eigenvalue weighted by atomic mass is 10.1. The van der Waals surface area contributed by atoms with Crippen LogP contribution in [0.15, 0.2) is 30.3 Å². The molecule has 1 amide bonds. The molecule has 0 aliphatic rings. The number of rotatable bonds is 5. The third-order valence-corrected chi connectivity index (χ3v) is 2.56. The summed E-state index contributed by atoms with van der Waals surface area (Å²) in [5, 5.41) is 2.51. The Kier molecular flexibility index (Phi) is 6.49. The first-order chi connectivity index (χ1) is 9.81. The highest BCUT2D eigenvalue weighted by Gasteiger charge is 2.25. The van der Waals surface area contributed by atoms with Gasteiger partial charge in [-0.05, 0) is 26.3 Å². The zero-order valence-corrected chi connectivity index (χ0v) is 13.1. The molecule has 1 N–H and O–H groups in total. The van der Waals surface area contributed by atoms with E-state index in [9.17, 15) is 9.59 Å². The summed E-state index contributed by atoms with van der Waals surface area (Å²) in [5.41, 5.74) is 0.252. The lowest BCUT2D eigenvalue weighted by Crippen LogP contribution is -2.45. The molecular weight excluding hydrogens is 294 g/mol. The number of nitrogens with one attached hydrogen (secondary N) is 1. The Hall–Kier alpha value is -1.75. The van der Waals surface area contributed by atoms with E-state index in [0.717, 1.165) is 5.56 Å². The Morgan fingerprint density at radius 2 is 1.86 bits per heavy atom. The van der Waals surface area contributed by atoms with Crippen molar-refractivity contribution in [3.8, 4) is 0 Å². The van der Waals surface area contributed by atoms with Crippen molar-refractivity contribution in [3.63, 3.8) is 0 Å². The molecule has 0 bridgehead atoms. The number of alkyl halides is 1. The van der Waals surface area contributed by atoms with Crippen molar-refractivity contribution >= 4 is 23.7 Å². The summed E-state index contributed by atoms with van der Waals surface area (Å²) in [6.07, 6.45) is -0.370. The third-order valence-electron chi connectivity index (χ3n) is 2.45. The predicted octanol–water partition coefficient (Wildman–Crippen LogP) is 2.86. The Morgan fingerprint density at radius 3 is 2.38 bits per heavy atom. The summed E-state index contributed by atoms with van der Waals surface area (Å²) in [4.78, 5) is 23.7. The second kappa shape index (κ2) is 7.88. The van der Waals surface area contributed by atoms with Gasteiger partial charge < -0.3 is 14.8 Å². The molecule has 0 heterocycles. The normalized spacial score (nSPS) is 12.4. The monoisotopic (exact) mass is 313 g/mol. The van der Waals surface area contributed by atoms with Crippen molar-refractivity contribution < 1.29 is 19.1 Å². The van der Waals surface area contributed by atoms with Gasteiger partial charge >= 0.3 is 12.1 Å². The fourth-order valence-corrected chi connectivity index (χ4v) is 1.75. The van der Waals surface area contributed by atoms with Crippen LogP contribution in [0.3, 0.4) is 0 Å². The molecule has 116 valence electrons. The molecular formula is C15H20ClNO4. The molecule has 0 unspecified atom stereocenters. The van der Waals surface area contributed by atoms with E-state index in [-0.39, 0.29) is 6.07 Å². The van der Waals surface area contributed by atoms with Crippen LogP contribution in [0.25, 0.3) is 0 Å². The number of ether oxygens (including phenoxy) is 2. The molecule has 21 heavy (non-hydrogen) atoms. The summed E-state index contributed by atoms with van der Waals surface area (Å²) >= 11 is 5.40. The summed E-state index contributed by atoms with van der Waals surface area (Å²) in [7, 11) is 0. The largest absolute Gasteiger partial charge is 0.448 e. The Morgan fingerprint density at radius 1 is 1.24 bits per heavy atom. The first-order valence-electron chi connectivity index (χ1n) is 6.58. The molecule has 0 fully saturated rings. The fourth-order valence-electron chi connectivity index (χ4n) is 1.65. The van der Waals surface area contributed by atoms with Gasteiger partial charge in [0.2, 0.25) is 0 Å². The summed E-state index contributed by atoms with van der Waals surface area (Å²) in [5.74, 6) is -0.597. The van der Waals surface area contributed by atoms with Gasteiger partial charge in [0.1, 0.15) is 11.6 Å². The van der Waals surface area contributed by atoms with Crippen LogP contribution in [-0.2, 0) is 20.7 Å². The van der Waals surface area contributed by atoms with Crippen LogP contribution < -0.4 is 5.32 Å². The van der Waals surface area contributed by atoms with Crippen molar-refractivity contribution in [2.45, 2.75) is 38.8 Å². The van der Waals surface area contributed by atoms with Gasteiger partial charge in [0.15, 0.2) is 6.07 Å². The standard InChI is InChI=1S/C15H20ClNO4/c1-15(2,3)21-14(19)17-12(13(18)20-10-16)9-11-7-5-4-6-8-11/h4-8,12H,9-10H2,1-3H3,(H,17,19)/t12-/m0/s1. The van der Waals surface area contributed by atoms with E-state index >= 15 is 0 Å². The molecule has 0 aliphatic heterocycles. The predicted molar refractivity (Wildman–Crippen MR) is 80.1 cm³/mol. The van der Waals surface area contributed by atoms with Crippen LogP contribution in [0.1, 0.15) is 26.3 Å². The summed E-state index contributed by atoms with van der Waals surface area (Å²) < 4.78 is 9.91. The van der Waals surface area contributed by atoms with Crippen molar-refractivity contribution in [2.75, 3.05) is 6.07 Å². The van der Waals surface area contributed by atoms with Gasteiger partial charge in [-0.15, -0.1) is 0 Å². The quantitative estimate of drug-likeness (QED) is 0.670. The van der Waals surface area contributed by atoms with Crippen LogP contribution in [0.4, 0.5) is 4.79 Å². The van der Waals surface area contributed by atoms with Gasteiger partial charge in [-0.2, -0.15) is 0 Å². The zero-order valence-electron chi connectivity index (χ0n) is 12.4. The van der Waals surface area contributed by atoms with Gasteiger partial charge in [0.25, 0.3) is 0 Å². The van der Waals surface area contributed by atoms with Gasteiger partial charge in [-0.1, -0.05) is 41.9 Å². The van der Waals surface area contributed by atoms with Crippen molar-refractivity contribution in [2.24, 2.45) is 0 Å². The molecule has 0 aliphatic carbocycles. The molecule has 0 saturated heterocycles. The van der Waals surface area contributed by atoms with Gasteiger partial charge in [-0.3, -0.25) is 0 Å². The average Bonchev–Trinajstić information content (AvgIpc) is 2.37. The van der Waals surface area contributed by atoms with E-state index in [1.54, 1.807) is 20.8 Å². The highest BCUT2D eigenvalue weighted by molar-refractivity contribution is 6.17. The maximum atomic E-state index is 11.9. The molecule has 6 heteroatoms. The second-order valence-corrected chi connectivity index (χ2v) is 5.68. The number of esters is 1. The molecule has 0 radical (unpaired) electrons. The van der Waals surface area contributed by atoms with E-state index in [1.165, 1.54) is 0 Å². The van der Waals surface area contributed by atoms with E-state index in [2.05, 4.69) is 5.32 Å². The Labute approximate surface area is 129 Å². The topological polar surface area (TPSA) is 64.6 Å². The van der Waals surface area contributed by atoms with Crippen LogP contribution in [0.2, 0.25) is 0 Å². The zero-order chi connectivity index (χ0) is 15.9. The van der Waals surface area contributed by atoms with Crippen molar-refractivity contribution in [1.29, 1.82) is 0 Å². The van der Waals surface area contributed by atoms with Crippen molar-refractivity contribution in [1.82, 2.24) is 5.32 Å². The molecule has 5 nitrogen and oxygen atoms in total. The number of halogens is 1. The molecule has 1 rings (SSSR count). The second-order valence-electron chi connectivity index (χ2n) is 5.46. The third kappa shape index (κ3) is 6.99. The van der Waals surface area contributed by atoms with Crippen LogP contribution >= 0.6 is 11.6 Å². The minimum absolute atomic E-state index is 0.264. The van der Waals surface area contributed by atoms with Gasteiger partial charge in [-0.25, -0.2) is 9.59 Å². The summed E-state index contributed by atoms with van der Waals surface area (Å²) in [6, 6.07) is 8.19. The average molecular weight is 314 g/mol. The number of amides is 1. The molecule has 0 aromatic heterocycles. The Bertz CT molecular complexity index is 470. The van der Waals surface area contributed by atoms with Crippen molar-refractivity contribution in [3.05, 3.63) is 35.9 Å². The molecule has 0 saturated carbocycles. The molecule has 1 aromatic rings. The fraction of sp³-hybridized carbons (Fsp3) is 0.467. The van der Waals surface area contributed by atoms with Gasteiger partial charge in [0, 0.05) is 6.42 Å². The maximum Gasteiger partial charge on any atom is 0.408 e. The van der Waals surface area contributed by atoms with E-state index in [1.807, 2.05) is 30.3 Å². The molecule has 1 atom stereocenters. The van der Waals surface area contributed by atoms with E-state index in [4.69, 9.17) is 21.1 Å². The minimum atomic E-state index is -0.846. The SMILES string of the molecule is CC(C)(C)OC(=O)N[C@@H](Cc1ccccc1)C(=O)OCCl. The van der Waals surface area contributed by atoms with Crippen LogP contribution in [0.5, 0.6) is 0 Å². The number of hydrogen-bond donors (Lipinski definition) is 1. The first-order valence-corrected chi connectivity index (χ1v) is 7.11. The number of hydrogen-bond acceptors (Lipinski definition) is 4. The smallest absolute Gasteiger partial charge is 0.408 e. The maximum absolute atomic E-state index is 11.9. The minimum Gasteiger partial charge on any atom is -0.448 e. The summed E-state index contributed by atoms with van der Waals surface area (Å²) in [6.45, 7) is 5.24. The highest BCUT2D eigenvalue weighted by atomic mass is 35.5. The van der Waals surface area contributed by atoms with E-state index < -0.39 is 23.7 Å². The Balaban J connectivity index is 2.73. The number of carbonyl (C=O) groups is 2. The highest BCUT2D eigenvalue weighted by Crippen LogP contribution is 2.09. The molecule has 0 spiro atoms. The first kappa shape index (κ1) is 17.3. The van der Waals surface area contributed by atoms with Gasteiger partial charge in [0.05, 0.1) is 0 Å². The van der Waals surface area contributed by atoms with Crippen LogP contribution in [0, 0.1) is 0 Å². The number of carbonyl (C=O) groups excluding carboxylic acids is 2. The number of alkyl carbamates (subject to hydrolysis) is 1. The lowest BCUT2D eigenvalue weighted by Gasteiger charge is -2.22. The van der Waals surface area contributed by atoms with Crippen LogP contribution in [-0.4, -0.2) is 29.8 Å².